The van der Waals surface area contributed by atoms with E-state index in [1.165, 1.54) is 4.88 Å². The Bertz CT molecular complexity index is 677. The van der Waals surface area contributed by atoms with E-state index >= 15 is 0 Å². The number of amides is 1. The zero-order chi connectivity index (χ0) is 16.8. The van der Waals surface area contributed by atoms with E-state index < -0.39 is 0 Å². The molecule has 2 aromatic heterocycles. The predicted molar refractivity (Wildman–Crippen MR) is 104 cm³/mol. The molecule has 1 unspecified atom stereocenters. The molecule has 0 aromatic carbocycles. The lowest BCUT2D eigenvalue weighted by molar-refractivity contribution is -0.125. The fourth-order valence-electron chi connectivity index (χ4n) is 3.02. The van der Waals surface area contributed by atoms with Crippen LogP contribution in [0.25, 0.3) is 10.6 Å². The Morgan fingerprint density at radius 1 is 1.28 bits per heavy atom. The van der Waals surface area contributed by atoms with Crippen molar-refractivity contribution in [1.82, 2.24) is 15.3 Å². The SMILES string of the molecule is Cl.NCCCCCNC(=O)C1CCc2sc(-c3ccncc3)nc2C1. The lowest BCUT2D eigenvalue weighted by atomic mass is 9.90. The van der Waals surface area contributed by atoms with Crippen LogP contribution >= 0.6 is 23.7 Å². The maximum absolute atomic E-state index is 12.3. The molecule has 3 N–H and O–H groups in total. The van der Waals surface area contributed by atoms with Crippen molar-refractivity contribution in [2.75, 3.05) is 13.1 Å². The second kappa shape index (κ2) is 9.85. The fourth-order valence-corrected chi connectivity index (χ4v) is 4.13. The molecule has 0 saturated carbocycles. The number of carbonyl (C=O) groups is 1. The largest absolute Gasteiger partial charge is 0.356 e. The number of hydrogen-bond donors (Lipinski definition) is 2. The number of fused-ring (bicyclic) bond motifs is 1. The third-order valence-corrected chi connectivity index (χ3v) is 5.62. The number of aromatic nitrogens is 2. The number of pyridine rings is 1. The van der Waals surface area contributed by atoms with Gasteiger partial charge in [-0.3, -0.25) is 9.78 Å². The number of rotatable bonds is 7. The molecule has 3 rings (SSSR count). The van der Waals surface area contributed by atoms with E-state index in [1.807, 2.05) is 12.1 Å². The standard InChI is InChI=1S/C18H24N4OS.ClH/c19-8-2-1-3-9-21-17(23)14-4-5-16-15(12-14)22-18(24-16)13-6-10-20-11-7-13;/h6-7,10-11,14H,1-5,8-9,12,19H2,(H,21,23);1H. The predicted octanol–water partition coefficient (Wildman–Crippen LogP) is 2.98. The first-order chi connectivity index (χ1) is 11.8. The van der Waals surface area contributed by atoms with Crippen molar-refractivity contribution in [2.24, 2.45) is 11.7 Å². The molecule has 0 aliphatic heterocycles. The summed E-state index contributed by atoms with van der Waals surface area (Å²) >= 11 is 1.75. The molecule has 2 aromatic rings. The smallest absolute Gasteiger partial charge is 0.223 e. The van der Waals surface area contributed by atoms with Gasteiger partial charge in [0.15, 0.2) is 0 Å². The van der Waals surface area contributed by atoms with E-state index in [0.29, 0.717) is 0 Å². The lowest BCUT2D eigenvalue weighted by Crippen LogP contribution is -2.34. The molecule has 2 heterocycles. The third kappa shape index (κ3) is 5.23. The summed E-state index contributed by atoms with van der Waals surface area (Å²) in [5, 5.41) is 4.10. The van der Waals surface area contributed by atoms with Gasteiger partial charge in [-0.05, 0) is 44.4 Å². The zero-order valence-electron chi connectivity index (χ0n) is 14.2. The number of hydrogen-bond acceptors (Lipinski definition) is 5. The first kappa shape index (κ1) is 19.8. The van der Waals surface area contributed by atoms with Crippen LogP contribution in [0.15, 0.2) is 24.5 Å². The van der Waals surface area contributed by atoms with Crippen molar-refractivity contribution in [2.45, 2.75) is 38.5 Å². The van der Waals surface area contributed by atoms with E-state index in [0.717, 1.165) is 67.9 Å². The zero-order valence-corrected chi connectivity index (χ0v) is 15.9. The van der Waals surface area contributed by atoms with Gasteiger partial charge in [-0.1, -0.05) is 6.42 Å². The highest BCUT2D eigenvalue weighted by atomic mass is 35.5. The summed E-state index contributed by atoms with van der Waals surface area (Å²) in [7, 11) is 0. The molecule has 25 heavy (non-hydrogen) atoms. The van der Waals surface area contributed by atoms with Crippen molar-refractivity contribution in [1.29, 1.82) is 0 Å². The molecule has 0 radical (unpaired) electrons. The van der Waals surface area contributed by atoms with Crippen molar-refractivity contribution < 1.29 is 4.79 Å². The van der Waals surface area contributed by atoms with Gasteiger partial charge < -0.3 is 11.1 Å². The second-order valence-electron chi connectivity index (χ2n) is 6.20. The molecule has 1 amide bonds. The van der Waals surface area contributed by atoms with Gasteiger partial charge in [0.1, 0.15) is 5.01 Å². The maximum Gasteiger partial charge on any atom is 0.223 e. The summed E-state index contributed by atoms with van der Waals surface area (Å²) in [5.41, 5.74) is 7.68. The van der Waals surface area contributed by atoms with Crippen LogP contribution in [0, 0.1) is 5.92 Å². The van der Waals surface area contributed by atoms with Gasteiger partial charge in [0.05, 0.1) is 5.69 Å². The Labute approximate surface area is 158 Å². The van der Waals surface area contributed by atoms with Crippen LogP contribution in [-0.4, -0.2) is 29.0 Å². The van der Waals surface area contributed by atoms with Crippen LogP contribution < -0.4 is 11.1 Å². The van der Waals surface area contributed by atoms with Crippen molar-refractivity contribution >= 4 is 29.7 Å². The summed E-state index contributed by atoms with van der Waals surface area (Å²) < 4.78 is 0. The van der Waals surface area contributed by atoms with Crippen LogP contribution in [-0.2, 0) is 17.6 Å². The summed E-state index contributed by atoms with van der Waals surface area (Å²) in [6.07, 6.45) is 9.30. The Morgan fingerprint density at radius 3 is 2.84 bits per heavy atom. The Balaban J connectivity index is 0.00000225. The van der Waals surface area contributed by atoms with Gasteiger partial charge in [-0.25, -0.2) is 4.98 Å². The molecule has 0 fully saturated rings. The van der Waals surface area contributed by atoms with E-state index in [4.69, 9.17) is 10.7 Å². The number of carbonyl (C=O) groups excluding carboxylic acids is 1. The van der Waals surface area contributed by atoms with Gasteiger partial charge in [0, 0.05) is 41.7 Å². The summed E-state index contributed by atoms with van der Waals surface area (Å²) in [6.45, 7) is 1.48. The van der Waals surface area contributed by atoms with Crippen molar-refractivity contribution in [3.05, 3.63) is 35.1 Å². The van der Waals surface area contributed by atoms with Crippen molar-refractivity contribution in [3.63, 3.8) is 0 Å². The highest BCUT2D eigenvalue weighted by molar-refractivity contribution is 7.15. The van der Waals surface area contributed by atoms with E-state index in [2.05, 4.69) is 10.3 Å². The normalized spacial score (nSPS) is 16.0. The average Bonchev–Trinajstić information content (AvgIpc) is 3.05. The summed E-state index contributed by atoms with van der Waals surface area (Å²) in [6, 6.07) is 3.96. The first-order valence-electron chi connectivity index (χ1n) is 8.64. The maximum atomic E-state index is 12.3. The summed E-state index contributed by atoms with van der Waals surface area (Å²) in [4.78, 5) is 22.5. The molecular formula is C18H25ClN4OS. The Morgan fingerprint density at radius 2 is 2.08 bits per heavy atom. The third-order valence-electron chi connectivity index (χ3n) is 4.42. The number of nitrogens with one attached hydrogen (secondary N) is 1. The highest BCUT2D eigenvalue weighted by Crippen LogP contribution is 2.34. The molecule has 1 aliphatic rings. The fraction of sp³-hybridized carbons (Fsp3) is 0.500. The van der Waals surface area contributed by atoms with Crippen LogP contribution in [0.4, 0.5) is 0 Å². The monoisotopic (exact) mass is 380 g/mol. The molecule has 1 atom stereocenters. The number of nitrogens with zero attached hydrogens (tertiary/aromatic N) is 2. The molecule has 1 aliphatic carbocycles. The minimum absolute atomic E-state index is 0. The van der Waals surface area contributed by atoms with Crippen molar-refractivity contribution in [3.8, 4) is 10.6 Å². The van der Waals surface area contributed by atoms with Gasteiger partial charge in [0.25, 0.3) is 0 Å². The Kier molecular flexibility index (Phi) is 7.81. The topological polar surface area (TPSA) is 80.9 Å². The van der Waals surface area contributed by atoms with Crippen LogP contribution in [0.1, 0.15) is 36.3 Å². The van der Waals surface area contributed by atoms with Crippen LogP contribution in [0.3, 0.4) is 0 Å². The molecular weight excluding hydrogens is 356 g/mol. The number of nitrogens with two attached hydrogens (primary N) is 1. The first-order valence-corrected chi connectivity index (χ1v) is 9.46. The number of unbranched alkanes of at least 4 members (excludes halogenated alkanes) is 2. The average molecular weight is 381 g/mol. The van der Waals surface area contributed by atoms with Gasteiger partial charge in [-0.15, -0.1) is 23.7 Å². The summed E-state index contributed by atoms with van der Waals surface area (Å²) in [5.74, 6) is 0.228. The minimum Gasteiger partial charge on any atom is -0.356 e. The van der Waals surface area contributed by atoms with Gasteiger partial charge in [0.2, 0.25) is 5.91 Å². The van der Waals surface area contributed by atoms with Crippen LogP contribution in [0.5, 0.6) is 0 Å². The van der Waals surface area contributed by atoms with Crippen LogP contribution in [0.2, 0.25) is 0 Å². The quantitative estimate of drug-likeness (QED) is 0.723. The highest BCUT2D eigenvalue weighted by Gasteiger charge is 2.27. The molecule has 0 spiro atoms. The molecule has 136 valence electrons. The van der Waals surface area contributed by atoms with Gasteiger partial charge in [-0.2, -0.15) is 0 Å². The lowest BCUT2D eigenvalue weighted by Gasteiger charge is -2.20. The number of thiazole rings is 1. The van der Waals surface area contributed by atoms with E-state index in [9.17, 15) is 4.79 Å². The number of aryl methyl sites for hydroxylation is 1. The van der Waals surface area contributed by atoms with E-state index in [1.54, 1.807) is 23.7 Å². The molecule has 5 nitrogen and oxygen atoms in total. The molecule has 0 bridgehead atoms. The Hall–Kier alpha value is -1.50. The van der Waals surface area contributed by atoms with Gasteiger partial charge >= 0.3 is 0 Å². The number of halogens is 1. The minimum atomic E-state index is 0. The molecule has 7 heteroatoms. The second-order valence-corrected chi connectivity index (χ2v) is 7.29. The van der Waals surface area contributed by atoms with E-state index in [-0.39, 0.29) is 24.2 Å². The molecule has 0 saturated heterocycles.